The molecule has 0 unspecified atom stereocenters. The van der Waals surface area contributed by atoms with Crippen molar-refractivity contribution >= 4 is 34.8 Å². The summed E-state index contributed by atoms with van der Waals surface area (Å²) in [5.41, 5.74) is 10.2. The molecule has 4 nitrogen and oxygen atoms in total. The summed E-state index contributed by atoms with van der Waals surface area (Å²) in [4.78, 5) is 12.8. The Hall–Kier alpha value is -2.95. The molecule has 176 valence electrons. The smallest absolute Gasteiger partial charge is 0.204 e. The summed E-state index contributed by atoms with van der Waals surface area (Å²) in [5, 5.41) is 4.16. The van der Waals surface area contributed by atoms with Crippen molar-refractivity contribution < 1.29 is 4.79 Å². The molecule has 2 aromatic carbocycles. The molecular weight excluding hydrogens is 430 g/mol. The number of rotatable bonds is 8. The topological polar surface area (TPSA) is 67.5 Å². The second-order valence-corrected chi connectivity index (χ2v) is 7.94. The van der Waals surface area contributed by atoms with E-state index in [0.717, 1.165) is 40.9 Å². The molecule has 3 N–H and O–H groups in total. The summed E-state index contributed by atoms with van der Waals surface area (Å²) in [6.45, 7) is 11.5. The molecular formula is C28H36ClN3O. The zero-order valence-corrected chi connectivity index (χ0v) is 20.7. The second-order valence-electron chi connectivity index (χ2n) is 7.53. The molecule has 2 aromatic rings. The van der Waals surface area contributed by atoms with Gasteiger partial charge in [0.2, 0.25) is 6.41 Å². The highest BCUT2D eigenvalue weighted by atomic mass is 35.5. The predicted molar refractivity (Wildman–Crippen MR) is 144 cm³/mol. The third-order valence-corrected chi connectivity index (χ3v) is 5.28. The van der Waals surface area contributed by atoms with Gasteiger partial charge in [0.15, 0.2) is 0 Å². The minimum Gasteiger partial charge on any atom is -0.372 e. The van der Waals surface area contributed by atoms with Gasteiger partial charge in [0.05, 0.1) is 0 Å². The van der Waals surface area contributed by atoms with Crippen molar-refractivity contribution in [2.24, 2.45) is 10.7 Å². The van der Waals surface area contributed by atoms with Crippen LogP contribution in [0.25, 0.3) is 11.1 Å². The first-order valence-corrected chi connectivity index (χ1v) is 11.5. The normalized spacial score (nSPS) is 13.5. The Balaban J connectivity index is 0.000000295. The third kappa shape index (κ3) is 11.5. The van der Waals surface area contributed by atoms with Gasteiger partial charge in [-0.1, -0.05) is 78.9 Å². The number of hydrogen-bond donors (Lipinski definition) is 2. The molecule has 0 spiro atoms. The van der Waals surface area contributed by atoms with E-state index >= 15 is 0 Å². The molecule has 0 bridgehead atoms. The Morgan fingerprint density at radius 2 is 1.88 bits per heavy atom. The van der Waals surface area contributed by atoms with Gasteiger partial charge in [-0.15, -0.1) is 0 Å². The molecule has 0 aliphatic heterocycles. The number of nitrogens with one attached hydrogen (secondary N) is 1. The summed E-state index contributed by atoms with van der Waals surface area (Å²) < 4.78 is 0. The first-order valence-electron chi connectivity index (χ1n) is 11.1. The lowest BCUT2D eigenvalue weighted by Gasteiger charge is -2.07. The van der Waals surface area contributed by atoms with Crippen LogP contribution in [0.5, 0.6) is 0 Å². The maximum atomic E-state index is 8.58. The van der Waals surface area contributed by atoms with Crippen molar-refractivity contribution in [3.63, 3.8) is 0 Å². The van der Waals surface area contributed by atoms with E-state index in [1.165, 1.54) is 24.0 Å². The molecule has 0 heterocycles. The van der Waals surface area contributed by atoms with Gasteiger partial charge in [-0.05, 0) is 62.3 Å². The van der Waals surface area contributed by atoms with E-state index in [0.29, 0.717) is 0 Å². The zero-order valence-electron chi connectivity index (χ0n) is 19.9. The van der Waals surface area contributed by atoms with Gasteiger partial charge in [-0.25, -0.2) is 0 Å². The van der Waals surface area contributed by atoms with Crippen molar-refractivity contribution in [1.82, 2.24) is 5.32 Å². The molecule has 1 aliphatic rings. The molecule has 1 aliphatic carbocycles. The molecule has 0 radical (unpaired) electrons. The zero-order chi connectivity index (χ0) is 24.5. The molecule has 0 atom stereocenters. The number of benzene rings is 2. The Morgan fingerprint density at radius 3 is 2.42 bits per heavy atom. The van der Waals surface area contributed by atoms with Crippen LogP contribution in [0.2, 0.25) is 0 Å². The number of amides is 1. The van der Waals surface area contributed by atoms with Gasteiger partial charge >= 0.3 is 0 Å². The number of aliphatic imine (C=N–C) groups is 1. The van der Waals surface area contributed by atoms with Gasteiger partial charge in [0, 0.05) is 35.6 Å². The average molecular weight is 466 g/mol. The number of carbonyl (C=O) groups excluding carboxylic acids is 1. The largest absolute Gasteiger partial charge is 0.372 e. The van der Waals surface area contributed by atoms with Crippen LogP contribution in [-0.4, -0.2) is 18.7 Å². The fourth-order valence-electron chi connectivity index (χ4n) is 3.02. The van der Waals surface area contributed by atoms with Crippen LogP contribution in [-0.2, 0) is 11.3 Å². The number of allylic oxidation sites excluding steroid dienone is 2. The van der Waals surface area contributed by atoms with E-state index in [-0.39, 0.29) is 6.41 Å². The van der Waals surface area contributed by atoms with Crippen molar-refractivity contribution in [3.8, 4) is 0 Å². The minimum atomic E-state index is 0.250. The standard InChI is InChI=1S/C14H15Cl.C13H18N2.CH3NO/c1-3-10-5-8-12(11-6-7-11)9-13(10)14(15)4-2;1-3-9-15-12(2)10-14-11-13-7-5-4-6-8-13;2-1-3/h3-5,8-9,11H,1,6-7H2,2H3;3-9,14H,10-11H2,1-2H3;1H,(H2,2,3)/b14-4+;9-3-,15-12?;. The number of halogens is 1. The molecule has 1 amide bonds. The summed E-state index contributed by atoms with van der Waals surface area (Å²) in [7, 11) is 0. The summed E-state index contributed by atoms with van der Waals surface area (Å²) in [6, 6.07) is 16.9. The highest BCUT2D eigenvalue weighted by molar-refractivity contribution is 6.49. The Kier molecular flexibility index (Phi) is 14.2. The molecule has 3 rings (SSSR count). The van der Waals surface area contributed by atoms with E-state index in [9.17, 15) is 0 Å². The van der Waals surface area contributed by atoms with Crippen LogP contribution >= 0.6 is 11.6 Å². The number of hydrogen-bond acceptors (Lipinski definition) is 3. The van der Waals surface area contributed by atoms with Crippen molar-refractivity contribution in [2.45, 2.75) is 46.1 Å². The van der Waals surface area contributed by atoms with E-state index in [4.69, 9.17) is 16.4 Å². The minimum absolute atomic E-state index is 0.250. The van der Waals surface area contributed by atoms with Crippen LogP contribution in [0.4, 0.5) is 0 Å². The third-order valence-electron chi connectivity index (χ3n) is 4.85. The van der Waals surface area contributed by atoms with Gasteiger partial charge in [0.1, 0.15) is 0 Å². The first kappa shape index (κ1) is 28.1. The molecule has 0 saturated heterocycles. The van der Waals surface area contributed by atoms with E-state index < -0.39 is 0 Å². The Labute approximate surface area is 204 Å². The van der Waals surface area contributed by atoms with Gasteiger partial charge < -0.3 is 11.1 Å². The highest BCUT2D eigenvalue weighted by Gasteiger charge is 2.24. The lowest BCUT2D eigenvalue weighted by atomic mass is 10.0. The number of nitrogens with two attached hydrogens (primary N) is 1. The van der Waals surface area contributed by atoms with Crippen LogP contribution in [0.15, 0.2) is 78.5 Å². The summed E-state index contributed by atoms with van der Waals surface area (Å²) in [5.74, 6) is 0.768. The van der Waals surface area contributed by atoms with Crippen molar-refractivity contribution in [2.75, 3.05) is 6.54 Å². The monoisotopic (exact) mass is 465 g/mol. The molecule has 1 saturated carbocycles. The van der Waals surface area contributed by atoms with Crippen LogP contribution in [0.3, 0.4) is 0 Å². The van der Waals surface area contributed by atoms with Crippen LogP contribution < -0.4 is 11.1 Å². The lowest BCUT2D eigenvalue weighted by molar-refractivity contribution is -0.106. The number of nitrogens with zero attached hydrogens (tertiary/aromatic N) is 1. The lowest BCUT2D eigenvalue weighted by Crippen LogP contribution is -2.20. The van der Waals surface area contributed by atoms with E-state index in [1.54, 1.807) is 0 Å². The Morgan fingerprint density at radius 1 is 1.21 bits per heavy atom. The van der Waals surface area contributed by atoms with E-state index in [1.807, 2.05) is 51.3 Å². The predicted octanol–water partition coefficient (Wildman–Crippen LogP) is 6.68. The molecule has 33 heavy (non-hydrogen) atoms. The quantitative estimate of drug-likeness (QED) is 0.337. The van der Waals surface area contributed by atoms with Crippen molar-refractivity contribution in [1.29, 1.82) is 0 Å². The fraction of sp³-hybridized carbons (Fsp3) is 0.286. The summed E-state index contributed by atoms with van der Waals surface area (Å²) in [6.07, 6.45) is 10.4. The number of carbonyl (C=O) groups is 1. The van der Waals surface area contributed by atoms with Crippen LogP contribution in [0.1, 0.15) is 61.8 Å². The SMILES string of the molecule is C/C=C\N=C(C)CNCc1ccccc1.C=Cc1ccc(C2CC2)cc1/C(Cl)=C\C.NC=O. The van der Waals surface area contributed by atoms with Crippen molar-refractivity contribution in [3.05, 3.63) is 95.7 Å². The molecule has 1 fully saturated rings. The van der Waals surface area contributed by atoms with Gasteiger partial charge in [0.25, 0.3) is 0 Å². The first-order chi connectivity index (χ1) is 16.0. The van der Waals surface area contributed by atoms with Crippen LogP contribution in [0, 0.1) is 0 Å². The highest BCUT2D eigenvalue weighted by Crippen LogP contribution is 2.41. The number of primary amides is 1. The maximum Gasteiger partial charge on any atom is 0.204 e. The second kappa shape index (κ2) is 16.7. The van der Waals surface area contributed by atoms with Gasteiger partial charge in [-0.3, -0.25) is 9.79 Å². The van der Waals surface area contributed by atoms with Gasteiger partial charge in [-0.2, -0.15) is 0 Å². The fourth-order valence-corrected chi connectivity index (χ4v) is 3.18. The summed E-state index contributed by atoms with van der Waals surface area (Å²) >= 11 is 6.18. The molecule has 5 heteroatoms. The average Bonchev–Trinajstić information content (AvgIpc) is 3.69. The Bertz CT molecular complexity index is 945. The maximum absolute atomic E-state index is 8.58. The van der Waals surface area contributed by atoms with E-state index in [2.05, 4.69) is 65.1 Å². The molecule has 0 aromatic heterocycles.